The first kappa shape index (κ1) is 22.2. The minimum atomic E-state index is -0.469. The second-order valence-electron chi connectivity index (χ2n) is 7.75. The van der Waals surface area contributed by atoms with Gasteiger partial charge in [-0.2, -0.15) is 4.98 Å². The number of fused-ring (bicyclic) bond motifs is 1. The lowest BCUT2D eigenvalue weighted by Crippen LogP contribution is -2.31. The molecule has 7 nitrogen and oxygen atoms in total. The molecule has 0 saturated carbocycles. The Hall–Kier alpha value is -3.62. The predicted molar refractivity (Wildman–Crippen MR) is 135 cm³/mol. The van der Waals surface area contributed by atoms with Crippen molar-refractivity contribution in [3.05, 3.63) is 107 Å². The molecule has 0 saturated heterocycles. The van der Waals surface area contributed by atoms with Crippen LogP contribution in [0.3, 0.4) is 0 Å². The summed E-state index contributed by atoms with van der Waals surface area (Å²) in [6.45, 7) is 1.87. The van der Waals surface area contributed by atoms with Crippen molar-refractivity contribution in [2.24, 2.45) is 0 Å². The maximum Gasteiger partial charge on any atom is 0.255 e. The highest BCUT2D eigenvalue weighted by Gasteiger charge is 2.34. The second kappa shape index (κ2) is 9.70. The Bertz CT molecular complexity index is 1340. The van der Waals surface area contributed by atoms with E-state index in [0.29, 0.717) is 33.1 Å². The van der Waals surface area contributed by atoms with Crippen LogP contribution in [0.25, 0.3) is 0 Å². The molecule has 0 radical (unpaired) electrons. The second-order valence-corrected chi connectivity index (χ2v) is 9.13. The van der Waals surface area contributed by atoms with Gasteiger partial charge in [-0.1, -0.05) is 65.8 Å². The number of carbonyl (C=O) groups excluding carboxylic acids is 1. The van der Waals surface area contributed by atoms with Crippen LogP contribution in [0.15, 0.2) is 95.6 Å². The van der Waals surface area contributed by atoms with Gasteiger partial charge in [0, 0.05) is 22.7 Å². The third-order valence-corrected chi connectivity index (χ3v) is 6.55. The first-order valence-electron chi connectivity index (χ1n) is 10.7. The molecular weight excluding hydrogens is 468 g/mol. The number of amides is 1. The molecule has 34 heavy (non-hydrogen) atoms. The van der Waals surface area contributed by atoms with E-state index in [4.69, 9.17) is 16.7 Å². The number of carbonyl (C=O) groups is 1. The molecule has 1 aliphatic rings. The summed E-state index contributed by atoms with van der Waals surface area (Å²) >= 11 is 7.69. The molecule has 3 heterocycles. The Labute approximate surface area is 206 Å². The summed E-state index contributed by atoms with van der Waals surface area (Å²) in [5.41, 5.74) is 3.94. The smallest absolute Gasteiger partial charge is 0.255 e. The third kappa shape index (κ3) is 4.69. The topological polar surface area (TPSA) is 84.7 Å². The van der Waals surface area contributed by atoms with E-state index in [0.717, 1.165) is 11.3 Å². The SMILES string of the molecule is CC1=C(C(=O)Nc2cccnc2)[C@H](c2ccc(Cl)cc2)n2nc(SCc3ccccc3)nc2N1. The highest BCUT2D eigenvalue weighted by molar-refractivity contribution is 7.98. The number of aromatic nitrogens is 4. The molecule has 9 heteroatoms. The summed E-state index contributed by atoms with van der Waals surface area (Å²) in [7, 11) is 0. The summed E-state index contributed by atoms with van der Waals surface area (Å²) < 4.78 is 1.77. The van der Waals surface area contributed by atoms with Gasteiger partial charge in [-0.3, -0.25) is 9.78 Å². The van der Waals surface area contributed by atoms with Gasteiger partial charge in [-0.15, -0.1) is 5.10 Å². The predicted octanol–water partition coefficient (Wildman–Crippen LogP) is 5.55. The highest BCUT2D eigenvalue weighted by Crippen LogP contribution is 2.37. The molecule has 1 aliphatic heterocycles. The normalized spacial score (nSPS) is 14.9. The van der Waals surface area contributed by atoms with Crippen LogP contribution in [0, 0.1) is 0 Å². The Kier molecular flexibility index (Phi) is 6.33. The number of benzene rings is 2. The van der Waals surface area contributed by atoms with Gasteiger partial charge in [0.2, 0.25) is 11.1 Å². The zero-order valence-corrected chi connectivity index (χ0v) is 19.8. The van der Waals surface area contributed by atoms with E-state index in [9.17, 15) is 4.79 Å². The number of hydrogen-bond donors (Lipinski definition) is 2. The van der Waals surface area contributed by atoms with Gasteiger partial charge in [-0.05, 0) is 42.3 Å². The summed E-state index contributed by atoms with van der Waals surface area (Å²) in [5.74, 6) is 1.10. The Morgan fingerprint density at radius 3 is 2.65 bits per heavy atom. The molecule has 0 unspecified atom stereocenters. The van der Waals surface area contributed by atoms with Gasteiger partial charge in [0.1, 0.15) is 6.04 Å². The molecule has 1 amide bonds. The van der Waals surface area contributed by atoms with Crippen LogP contribution >= 0.6 is 23.4 Å². The molecule has 2 aromatic heterocycles. The number of allylic oxidation sites excluding steroid dienone is 1. The highest BCUT2D eigenvalue weighted by atomic mass is 35.5. The molecule has 0 aliphatic carbocycles. The number of halogens is 1. The molecule has 0 spiro atoms. The maximum absolute atomic E-state index is 13.4. The number of nitrogens with zero attached hydrogens (tertiary/aromatic N) is 4. The summed E-state index contributed by atoms with van der Waals surface area (Å²) in [6.07, 6.45) is 3.27. The average Bonchev–Trinajstić information content (AvgIpc) is 3.26. The van der Waals surface area contributed by atoms with Gasteiger partial charge in [-0.25, -0.2) is 4.68 Å². The molecule has 2 N–H and O–H groups in total. The zero-order chi connectivity index (χ0) is 23.5. The fourth-order valence-electron chi connectivity index (χ4n) is 3.80. The minimum absolute atomic E-state index is 0.238. The molecule has 1 atom stereocenters. The lowest BCUT2D eigenvalue weighted by atomic mass is 9.95. The molecule has 5 rings (SSSR count). The monoisotopic (exact) mass is 488 g/mol. The van der Waals surface area contributed by atoms with Crippen molar-refractivity contribution < 1.29 is 4.79 Å². The van der Waals surface area contributed by atoms with Gasteiger partial charge >= 0.3 is 0 Å². The van der Waals surface area contributed by atoms with Crippen LogP contribution in [-0.4, -0.2) is 25.7 Å². The van der Waals surface area contributed by atoms with Gasteiger partial charge in [0.25, 0.3) is 5.91 Å². The first-order chi connectivity index (χ1) is 16.6. The van der Waals surface area contributed by atoms with E-state index in [2.05, 4.69) is 32.7 Å². The van der Waals surface area contributed by atoms with Crippen LogP contribution in [0.2, 0.25) is 5.02 Å². The van der Waals surface area contributed by atoms with Crippen molar-refractivity contribution in [3.63, 3.8) is 0 Å². The number of anilines is 2. The molecule has 2 aromatic carbocycles. The average molecular weight is 489 g/mol. The van der Waals surface area contributed by atoms with Crippen LogP contribution in [0.1, 0.15) is 24.1 Å². The fraction of sp³-hybridized carbons (Fsp3) is 0.120. The van der Waals surface area contributed by atoms with Crippen molar-refractivity contribution in [2.45, 2.75) is 23.9 Å². The van der Waals surface area contributed by atoms with E-state index in [1.165, 1.54) is 5.56 Å². The molecule has 170 valence electrons. The Morgan fingerprint density at radius 1 is 1.12 bits per heavy atom. The summed E-state index contributed by atoms with van der Waals surface area (Å²) in [5, 5.41) is 12.2. The lowest BCUT2D eigenvalue weighted by molar-refractivity contribution is -0.113. The van der Waals surface area contributed by atoms with Gasteiger partial charge in [0.05, 0.1) is 17.5 Å². The van der Waals surface area contributed by atoms with Crippen LogP contribution in [0.4, 0.5) is 11.6 Å². The van der Waals surface area contributed by atoms with Crippen LogP contribution < -0.4 is 10.6 Å². The number of rotatable bonds is 6. The van der Waals surface area contributed by atoms with E-state index < -0.39 is 6.04 Å². The molecule has 4 aromatic rings. The number of nitrogens with one attached hydrogen (secondary N) is 2. The number of thioether (sulfide) groups is 1. The fourth-order valence-corrected chi connectivity index (χ4v) is 4.71. The minimum Gasteiger partial charge on any atom is -0.328 e. The lowest BCUT2D eigenvalue weighted by Gasteiger charge is -2.28. The Balaban J connectivity index is 1.49. The first-order valence-corrected chi connectivity index (χ1v) is 12.0. The summed E-state index contributed by atoms with van der Waals surface area (Å²) in [6, 6.07) is 20.7. The Morgan fingerprint density at radius 2 is 1.91 bits per heavy atom. The van der Waals surface area contributed by atoms with Crippen LogP contribution in [0.5, 0.6) is 0 Å². The van der Waals surface area contributed by atoms with Crippen molar-refractivity contribution in [1.82, 2.24) is 19.7 Å². The largest absolute Gasteiger partial charge is 0.328 e. The zero-order valence-electron chi connectivity index (χ0n) is 18.3. The number of pyridine rings is 1. The van der Waals surface area contributed by atoms with E-state index in [1.807, 2.05) is 49.4 Å². The quantitative estimate of drug-likeness (QED) is 0.346. The maximum atomic E-state index is 13.4. The van der Waals surface area contributed by atoms with E-state index in [1.54, 1.807) is 41.0 Å². The van der Waals surface area contributed by atoms with Crippen molar-refractivity contribution in [1.29, 1.82) is 0 Å². The molecular formula is C25H21ClN6OS. The third-order valence-electron chi connectivity index (χ3n) is 5.39. The van der Waals surface area contributed by atoms with Gasteiger partial charge in [0.15, 0.2) is 0 Å². The van der Waals surface area contributed by atoms with E-state index >= 15 is 0 Å². The van der Waals surface area contributed by atoms with Gasteiger partial charge < -0.3 is 10.6 Å². The van der Waals surface area contributed by atoms with Crippen molar-refractivity contribution >= 4 is 40.9 Å². The number of hydrogen-bond acceptors (Lipinski definition) is 6. The van der Waals surface area contributed by atoms with Crippen molar-refractivity contribution in [3.8, 4) is 0 Å². The van der Waals surface area contributed by atoms with Crippen LogP contribution in [-0.2, 0) is 10.5 Å². The molecule has 0 fully saturated rings. The standard InChI is InChI=1S/C25H21ClN6OS/c1-16-21(23(33)29-20-8-5-13-27-14-20)22(18-9-11-19(26)12-10-18)32-24(28-16)30-25(31-32)34-15-17-6-3-2-4-7-17/h2-14,22H,15H2,1H3,(H,29,33)(H,28,30,31)/t22-/m0/s1. The van der Waals surface area contributed by atoms with Crippen molar-refractivity contribution in [2.75, 3.05) is 10.6 Å². The van der Waals surface area contributed by atoms with E-state index in [-0.39, 0.29) is 5.91 Å². The molecule has 0 bridgehead atoms. The summed E-state index contributed by atoms with van der Waals surface area (Å²) in [4.78, 5) is 22.2.